The molecule has 0 aliphatic rings. The van der Waals surface area contributed by atoms with Crippen LogP contribution >= 0.6 is 59.1 Å². The van der Waals surface area contributed by atoms with Crippen LogP contribution in [0.15, 0.2) is 43.1 Å². The smallest absolute Gasteiger partial charge is 0.0693 e. The standard InChI is InChI=1S/C13H12Br3NS/c1-2-17-12(13-10(15)5-6-18-13)9-4-3-8(14)7-11(9)16/h3-7,12,17H,2H2,1H3. The molecule has 1 nitrogen and oxygen atoms in total. The van der Waals surface area contributed by atoms with E-state index in [1.165, 1.54) is 10.4 Å². The molecular formula is C13H12Br3NS. The summed E-state index contributed by atoms with van der Waals surface area (Å²) in [6.07, 6.45) is 0. The molecule has 5 heteroatoms. The Morgan fingerprint density at radius 2 is 1.94 bits per heavy atom. The van der Waals surface area contributed by atoms with Crippen LogP contribution in [0.4, 0.5) is 0 Å². The summed E-state index contributed by atoms with van der Waals surface area (Å²) >= 11 is 12.5. The van der Waals surface area contributed by atoms with Crippen LogP contribution in [0, 0.1) is 0 Å². The molecule has 1 unspecified atom stereocenters. The second kappa shape index (κ2) is 6.66. The first-order valence-electron chi connectivity index (χ1n) is 5.54. The number of rotatable bonds is 4. The van der Waals surface area contributed by atoms with Crippen molar-refractivity contribution in [1.82, 2.24) is 5.32 Å². The highest BCUT2D eigenvalue weighted by Crippen LogP contribution is 2.36. The van der Waals surface area contributed by atoms with Crippen molar-refractivity contribution in [2.45, 2.75) is 13.0 Å². The molecule has 0 saturated heterocycles. The van der Waals surface area contributed by atoms with Gasteiger partial charge < -0.3 is 5.32 Å². The van der Waals surface area contributed by atoms with E-state index < -0.39 is 0 Å². The second-order valence-electron chi connectivity index (χ2n) is 3.79. The molecule has 0 amide bonds. The molecule has 0 spiro atoms. The zero-order valence-corrected chi connectivity index (χ0v) is 15.3. The van der Waals surface area contributed by atoms with E-state index in [2.05, 4.69) is 89.7 Å². The molecule has 2 rings (SSSR count). The van der Waals surface area contributed by atoms with Gasteiger partial charge in [-0.15, -0.1) is 11.3 Å². The van der Waals surface area contributed by atoms with E-state index in [0.717, 1.165) is 20.0 Å². The van der Waals surface area contributed by atoms with E-state index in [1.54, 1.807) is 11.3 Å². The van der Waals surface area contributed by atoms with Gasteiger partial charge in [0.25, 0.3) is 0 Å². The lowest BCUT2D eigenvalue weighted by molar-refractivity contribution is 0.635. The zero-order chi connectivity index (χ0) is 13.1. The third-order valence-corrected chi connectivity index (χ3v) is 5.70. The normalized spacial score (nSPS) is 12.7. The van der Waals surface area contributed by atoms with Crippen LogP contribution in [-0.4, -0.2) is 6.54 Å². The van der Waals surface area contributed by atoms with Crippen LogP contribution in [0.5, 0.6) is 0 Å². The van der Waals surface area contributed by atoms with Crippen LogP contribution in [0.1, 0.15) is 23.4 Å². The zero-order valence-electron chi connectivity index (χ0n) is 9.71. The molecule has 0 aliphatic heterocycles. The van der Waals surface area contributed by atoms with Crippen LogP contribution < -0.4 is 5.32 Å². The van der Waals surface area contributed by atoms with Crippen LogP contribution in [0.2, 0.25) is 0 Å². The molecule has 1 atom stereocenters. The summed E-state index contributed by atoms with van der Waals surface area (Å²) in [6.45, 7) is 3.05. The van der Waals surface area contributed by atoms with E-state index >= 15 is 0 Å². The summed E-state index contributed by atoms with van der Waals surface area (Å²) in [5, 5.41) is 5.65. The van der Waals surface area contributed by atoms with E-state index in [4.69, 9.17) is 0 Å². The van der Waals surface area contributed by atoms with Gasteiger partial charge >= 0.3 is 0 Å². The molecule has 1 aromatic carbocycles. The molecule has 1 heterocycles. The monoisotopic (exact) mass is 451 g/mol. The predicted octanol–water partition coefficient (Wildman–Crippen LogP) is 5.73. The Morgan fingerprint density at radius 1 is 1.17 bits per heavy atom. The minimum Gasteiger partial charge on any atom is -0.306 e. The van der Waals surface area contributed by atoms with Crippen molar-refractivity contribution in [1.29, 1.82) is 0 Å². The summed E-state index contributed by atoms with van der Waals surface area (Å²) in [5.41, 5.74) is 1.25. The molecule has 18 heavy (non-hydrogen) atoms. The van der Waals surface area contributed by atoms with Crippen molar-refractivity contribution in [3.05, 3.63) is 53.5 Å². The van der Waals surface area contributed by atoms with Gasteiger partial charge in [0.05, 0.1) is 6.04 Å². The van der Waals surface area contributed by atoms with Crippen molar-refractivity contribution in [3.63, 3.8) is 0 Å². The number of hydrogen-bond acceptors (Lipinski definition) is 2. The summed E-state index contributed by atoms with van der Waals surface area (Å²) in [4.78, 5) is 1.31. The van der Waals surface area contributed by atoms with Crippen molar-refractivity contribution >= 4 is 59.1 Å². The lowest BCUT2D eigenvalue weighted by Gasteiger charge is -2.19. The molecule has 1 aromatic heterocycles. The van der Waals surface area contributed by atoms with Gasteiger partial charge in [-0.05, 0) is 51.6 Å². The molecule has 0 radical (unpaired) electrons. The Hall–Kier alpha value is 0.320. The Labute approximate surface area is 136 Å². The number of thiophene rings is 1. The first-order chi connectivity index (χ1) is 8.63. The van der Waals surface area contributed by atoms with Gasteiger partial charge in [0.2, 0.25) is 0 Å². The van der Waals surface area contributed by atoms with Gasteiger partial charge in [-0.25, -0.2) is 0 Å². The highest BCUT2D eigenvalue weighted by molar-refractivity contribution is 9.11. The molecule has 2 aromatic rings. The van der Waals surface area contributed by atoms with Crippen LogP contribution in [0.25, 0.3) is 0 Å². The average molecular weight is 454 g/mol. The van der Waals surface area contributed by atoms with Gasteiger partial charge in [-0.1, -0.05) is 44.8 Å². The fourth-order valence-corrected chi connectivity index (χ4v) is 4.77. The van der Waals surface area contributed by atoms with Gasteiger partial charge in [0, 0.05) is 18.3 Å². The quantitative estimate of drug-likeness (QED) is 0.622. The minimum atomic E-state index is 0.215. The van der Waals surface area contributed by atoms with E-state index in [-0.39, 0.29) is 6.04 Å². The maximum absolute atomic E-state index is 3.65. The summed E-state index contributed by atoms with van der Waals surface area (Å²) < 4.78 is 3.36. The molecule has 0 aliphatic carbocycles. The van der Waals surface area contributed by atoms with Crippen molar-refractivity contribution in [2.75, 3.05) is 6.54 Å². The first kappa shape index (κ1) is 14.7. The summed E-state index contributed by atoms with van der Waals surface area (Å²) in [7, 11) is 0. The maximum atomic E-state index is 3.65. The van der Waals surface area contributed by atoms with Crippen molar-refractivity contribution < 1.29 is 0 Å². The number of hydrogen-bond donors (Lipinski definition) is 1. The molecule has 0 bridgehead atoms. The largest absolute Gasteiger partial charge is 0.306 e. The van der Waals surface area contributed by atoms with Crippen molar-refractivity contribution in [3.8, 4) is 0 Å². The first-order valence-corrected chi connectivity index (χ1v) is 8.80. The van der Waals surface area contributed by atoms with E-state index in [9.17, 15) is 0 Å². The van der Waals surface area contributed by atoms with Gasteiger partial charge in [0.1, 0.15) is 0 Å². The number of nitrogens with one attached hydrogen (secondary N) is 1. The number of halogens is 3. The molecule has 0 saturated carbocycles. The average Bonchev–Trinajstić information content (AvgIpc) is 2.73. The van der Waals surface area contributed by atoms with Gasteiger partial charge in [0.15, 0.2) is 0 Å². The molecule has 0 fully saturated rings. The van der Waals surface area contributed by atoms with E-state index in [0.29, 0.717) is 0 Å². The Bertz CT molecular complexity index is 539. The summed E-state index contributed by atoms with van der Waals surface area (Å²) in [6, 6.07) is 8.62. The lowest BCUT2D eigenvalue weighted by atomic mass is 10.1. The highest BCUT2D eigenvalue weighted by Gasteiger charge is 2.19. The fraction of sp³-hybridized carbons (Fsp3) is 0.231. The SMILES string of the molecule is CCNC(c1ccc(Br)cc1Br)c1sccc1Br. The maximum Gasteiger partial charge on any atom is 0.0693 e. The van der Waals surface area contributed by atoms with Crippen LogP contribution in [-0.2, 0) is 0 Å². The minimum absolute atomic E-state index is 0.215. The highest BCUT2D eigenvalue weighted by atomic mass is 79.9. The van der Waals surface area contributed by atoms with Crippen LogP contribution in [0.3, 0.4) is 0 Å². The van der Waals surface area contributed by atoms with E-state index in [1.807, 2.05) is 0 Å². The lowest BCUT2D eigenvalue weighted by Crippen LogP contribution is -2.21. The third-order valence-electron chi connectivity index (χ3n) is 2.59. The molecule has 1 N–H and O–H groups in total. The van der Waals surface area contributed by atoms with Gasteiger partial charge in [-0.2, -0.15) is 0 Å². The second-order valence-corrected chi connectivity index (χ2v) is 7.36. The molecular weight excluding hydrogens is 442 g/mol. The Balaban J connectivity index is 2.45. The Morgan fingerprint density at radius 3 is 2.50 bits per heavy atom. The topological polar surface area (TPSA) is 12.0 Å². The molecule has 96 valence electrons. The predicted molar refractivity (Wildman–Crippen MR) is 89.4 cm³/mol. The number of benzene rings is 1. The van der Waals surface area contributed by atoms with Gasteiger partial charge in [-0.3, -0.25) is 0 Å². The fourth-order valence-electron chi connectivity index (χ4n) is 1.80. The summed E-state index contributed by atoms with van der Waals surface area (Å²) in [5.74, 6) is 0. The van der Waals surface area contributed by atoms with Crippen molar-refractivity contribution in [2.24, 2.45) is 0 Å². The Kier molecular flexibility index (Phi) is 5.45. The third kappa shape index (κ3) is 3.25.